The number of amides is 1. The van der Waals surface area contributed by atoms with Gasteiger partial charge in [0.05, 0.1) is 23.4 Å². The molecule has 0 N–H and O–H groups in total. The zero-order valence-corrected chi connectivity index (χ0v) is 16.9. The Morgan fingerprint density at radius 2 is 1.74 bits per heavy atom. The molecule has 0 saturated carbocycles. The van der Waals surface area contributed by atoms with Crippen molar-refractivity contribution in [3.63, 3.8) is 0 Å². The molecule has 1 heterocycles. The zero-order chi connectivity index (χ0) is 20.1. The summed E-state index contributed by atoms with van der Waals surface area (Å²) in [5.41, 5.74) is 2.44. The minimum atomic E-state index is -0.557. The summed E-state index contributed by atoms with van der Waals surface area (Å²) in [5.74, 6) is -0.772. The third-order valence-corrected chi connectivity index (χ3v) is 4.44. The fraction of sp³-hybridized carbons (Fsp3) is 0.476. The summed E-state index contributed by atoms with van der Waals surface area (Å²) >= 11 is 0. The largest absolute Gasteiger partial charge is 0.452 e. The van der Waals surface area contributed by atoms with Gasteiger partial charge in [-0.3, -0.25) is 4.79 Å². The van der Waals surface area contributed by atoms with Crippen molar-refractivity contribution in [2.24, 2.45) is 0 Å². The Kier molecular flexibility index (Phi) is 6.91. The van der Waals surface area contributed by atoms with Gasteiger partial charge < -0.3 is 14.4 Å². The topological polar surface area (TPSA) is 68.7 Å². The highest BCUT2D eigenvalue weighted by Crippen LogP contribution is 2.24. The molecule has 6 nitrogen and oxygen atoms in total. The minimum absolute atomic E-state index is 0.0318. The van der Waals surface area contributed by atoms with Gasteiger partial charge in [0.25, 0.3) is 5.91 Å². The summed E-state index contributed by atoms with van der Waals surface area (Å²) in [6.45, 7) is 9.50. The molecule has 0 fully saturated rings. The van der Waals surface area contributed by atoms with Crippen LogP contribution in [0.2, 0.25) is 0 Å². The van der Waals surface area contributed by atoms with Gasteiger partial charge in [0.15, 0.2) is 6.61 Å². The molecule has 6 heteroatoms. The number of hydrogen-bond donors (Lipinski definition) is 0. The molecule has 1 amide bonds. The van der Waals surface area contributed by atoms with Gasteiger partial charge in [-0.15, -0.1) is 0 Å². The van der Waals surface area contributed by atoms with Crippen LogP contribution in [-0.4, -0.2) is 47.6 Å². The highest BCUT2D eigenvalue weighted by Gasteiger charge is 2.24. The quantitative estimate of drug-likeness (QED) is 0.696. The Morgan fingerprint density at radius 1 is 1.11 bits per heavy atom. The van der Waals surface area contributed by atoms with E-state index in [1.807, 2.05) is 58.9 Å². The molecule has 0 atom stereocenters. The first-order valence-electron chi connectivity index (χ1n) is 9.13. The molecule has 0 aliphatic carbocycles. The van der Waals surface area contributed by atoms with E-state index < -0.39 is 5.97 Å². The van der Waals surface area contributed by atoms with E-state index in [2.05, 4.69) is 4.98 Å². The summed E-state index contributed by atoms with van der Waals surface area (Å²) in [5, 5.41) is 0.876. The van der Waals surface area contributed by atoms with Gasteiger partial charge in [0, 0.05) is 24.6 Å². The van der Waals surface area contributed by atoms with Crippen LogP contribution in [0.25, 0.3) is 10.9 Å². The van der Waals surface area contributed by atoms with E-state index in [9.17, 15) is 9.59 Å². The van der Waals surface area contributed by atoms with Crippen molar-refractivity contribution in [2.75, 3.05) is 13.7 Å². The van der Waals surface area contributed by atoms with Crippen LogP contribution >= 0.6 is 0 Å². The molecule has 146 valence electrons. The number of rotatable bonds is 7. The summed E-state index contributed by atoms with van der Waals surface area (Å²) in [4.78, 5) is 31.5. The fourth-order valence-electron chi connectivity index (χ4n) is 3.40. The van der Waals surface area contributed by atoms with Crippen LogP contribution in [-0.2, 0) is 20.9 Å². The number of para-hydroxylation sites is 1. The second kappa shape index (κ2) is 8.95. The lowest BCUT2D eigenvalue weighted by Gasteiger charge is -2.30. The monoisotopic (exact) mass is 372 g/mol. The van der Waals surface area contributed by atoms with E-state index >= 15 is 0 Å². The van der Waals surface area contributed by atoms with Crippen LogP contribution in [0.4, 0.5) is 0 Å². The predicted octanol–water partition coefficient (Wildman–Crippen LogP) is 3.49. The van der Waals surface area contributed by atoms with Crippen molar-refractivity contribution in [3.8, 4) is 0 Å². The molecule has 0 bridgehead atoms. The highest BCUT2D eigenvalue weighted by atomic mass is 16.5. The van der Waals surface area contributed by atoms with E-state index in [1.54, 1.807) is 12.0 Å². The maximum atomic E-state index is 12.8. The van der Waals surface area contributed by atoms with E-state index in [0.29, 0.717) is 11.3 Å². The van der Waals surface area contributed by atoms with Crippen molar-refractivity contribution in [2.45, 2.75) is 53.3 Å². The molecule has 0 aliphatic rings. The van der Waals surface area contributed by atoms with Gasteiger partial charge >= 0.3 is 5.97 Å². The van der Waals surface area contributed by atoms with Crippen molar-refractivity contribution >= 4 is 22.8 Å². The average Bonchev–Trinajstić information content (AvgIpc) is 2.59. The Balaban J connectivity index is 2.30. The Morgan fingerprint density at radius 3 is 2.33 bits per heavy atom. The lowest BCUT2D eigenvalue weighted by atomic mass is 10.0. The molecule has 1 aromatic carbocycles. The van der Waals surface area contributed by atoms with E-state index in [4.69, 9.17) is 9.47 Å². The van der Waals surface area contributed by atoms with Gasteiger partial charge in [-0.25, -0.2) is 9.78 Å². The van der Waals surface area contributed by atoms with Crippen LogP contribution in [0.3, 0.4) is 0 Å². The summed E-state index contributed by atoms with van der Waals surface area (Å²) in [7, 11) is 1.55. The van der Waals surface area contributed by atoms with Gasteiger partial charge in [0.1, 0.15) is 0 Å². The smallest absolute Gasteiger partial charge is 0.340 e. The molecular formula is C21H28N2O4. The van der Waals surface area contributed by atoms with Crippen molar-refractivity contribution in [3.05, 3.63) is 41.1 Å². The molecular weight excluding hydrogens is 344 g/mol. The van der Waals surface area contributed by atoms with Gasteiger partial charge in [-0.1, -0.05) is 18.2 Å². The highest BCUT2D eigenvalue weighted by molar-refractivity contribution is 5.99. The maximum Gasteiger partial charge on any atom is 0.340 e. The van der Waals surface area contributed by atoms with Gasteiger partial charge in [0.2, 0.25) is 0 Å². The number of benzene rings is 1. The maximum absolute atomic E-state index is 12.8. The number of methoxy groups -OCH3 is 1. The number of nitrogens with zero attached hydrogens (tertiary/aromatic N) is 2. The molecule has 2 aromatic rings. The number of aromatic nitrogens is 1. The summed E-state index contributed by atoms with van der Waals surface area (Å²) in [6.07, 6.45) is 0. The second-order valence-corrected chi connectivity index (χ2v) is 7.07. The second-order valence-electron chi connectivity index (χ2n) is 7.07. The van der Waals surface area contributed by atoms with E-state index in [0.717, 1.165) is 16.5 Å². The minimum Gasteiger partial charge on any atom is -0.452 e. The van der Waals surface area contributed by atoms with E-state index in [-0.39, 0.29) is 31.2 Å². The number of carbonyl (C=O) groups excluding carboxylic acids is 2. The van der Waals surface area contributed by atoms with Crippen molar-refractivity contribution in [1.82, 2.24) is 9.88 Å². The van der Waals surface area contributed by atoms with Crippen molar-refractivity contribution < 1.29 is 19.1 Å². The van der Waals surface area contributed by atoms with Gasteiger partial charge in [-0.05, 0) is 46.2 Å². The normalized spacial score (nSPS) is 11.3. The zero-order valence-electron chi connectivity index (χ0n) is 16.9. The number of aryl methyl sites for hydroxylation is 1. The predicted molar refractivity (Wildman–Crippen MR) is 105 cm³/mol. The van der Waals surface area contributed by atoms with Gasteiger partial charge in [-0.2, -0.15) is 0 Å². The molecule has 2 rings (SSSR count). The SMILES string of the molecule is COCc1nc2ccccc2c(C)c1C(=O)OCC(=O)N(C(C)C)C(C)C. The van der Waals surface area contributed by atoms with Crippen molar-refractivity contribution in [1.29, 1.82) is 0 Å². The van der Waals surface area contributed by atoms with Crippen LogP contribution in [0, 0.1) is 6.92 Å². The standard InChI is InChI=1S/C21H28N2O4/c1-13(2)23(14(3)4)19(24)12-27-21(25)20-15(5)16-9-7-8-10-17(16)22-18(20)11-26-6/h7-10,13-14H,11-12H2,1-6H3. The summed E-state index contributed by atoms with van der Waals surface area (Å²) < 4.78 is 10.6. The van der Waals surface area contributed by atoms with Crippen LogP contribution in [0.1, 0.15) is 49.3 Å². The lowest BCUT2D eigenvalue weighted by Crippen LogP contribution is -2.44. The number of esters is 1. The summed E-state index contributed by atoms with van der Waals surface area (Å²) in [6, 6.07) is 7.66. The average molecular weight is 372 g/mol. The Hall–Kier alpha value is -2.47. The first kappa shape index (κ1) is 20.8. The molecule has 0 spiro atoms. The first-order valence-corrected chi connectivity index (χ1v) is 9.13. The first-order chi connectivity index (χ1) is 12.8. The number of ether oxygens (including phenoxy) is 2. The molecule has 0 radical (unpaired) electrons. The Bertz CT molecular complexity index is 822. The number of fused-ring (bicyclic) bond motifs is 1. The van der Waals surface area contributed by atoms with Crippen LogP contribution in [0.15, 0.2) is 24.3 Å². The number of pyridine rings is 1. The number of hydrogen-bond acceptors (Lipinski definition) is 5. The van der Waals surface area contributed by atoms with E-state index in [1.165, 1.54) is 0 Å². The van der Waals surface area contributed by atoms with Crippen LogP contribution < -0.4 is 0 Å². The Labute approximate surface area is 160 Å². The molecule has 0 aliphatic heterocycles. The molecule has 0 saturated heterocycles. The third-order valence-electron chi connectivity index (χ3n) is 4.44. The molecule has 27 heavy (non-hydrogen) atoms. The molecule has 0 unspecified atom stereocenters. The molecule has 1 aromatic heterocycles. The number of carbonyl (C=O) groups is 2. The lowest BCUT2D eigenvalue weighted by molar-refractivity contribution is -0.138. The van der Waals surface area contributed by atoms with Crippen LogP contribution in [0.5, 0.6) is 0 Å². The third kappa shape index (κ3) is 4.63. The fourth-order valence-corrected chi connectivity index (χ4v) is 3.40.